The summed E-state index contributed by atoms with van der Waals surface area (Å²) >= 11 is 3.20. The topological polar surface area (TPSA) is 66.5 Å². The molecule has 0 aliphatic carbocycles. The highest BCUT2D eigenvalue weighted by atomic mass is 79.9. The summed E-state index contributed by atoms with van der Waals surface area (Å²) in [6, 6.07) is 4.72. The Bertz CT molecular complexity index is 499. The van der Waals surface area contributed by atoms with Gasteiger partial charge in [0.2, 0.25) is 0 Å². The first-order valence-corrected chi connectivity index (χ1v) is 6.55. The second kappa shape index (κ2) is 4.94. The zero-order valence-electron chi connectivity index (χ0n) is 8.77. The molecule has 0 saturated heterocycles. The maximum atomic E-state index is 11.5. The number of halogens is 1. The Balaban J connectivity index is 3.12. The van der Waals surface area contributed by atoms with Crippen LogP contribution in [0.2, 0.25) is 0 Å². The Kier molecular flexibility index (Phi) is 4.06. The van der Waals surface area contributed by atoms with Crippen LogP contribution < -0.4 is 4.72 Å². The van der Waals surface area contributed by atoms with E-state index in [1.54, 1.807) is 12.1 Å². The van der Waals surface area contributed by atoms with Gasteiger partial charge in [-0.25, -0.2) is 0 Å². The highest BCUT2D eigenvalue weighted by Gasteiger charge is 2.15. The zero-order valence-corrected chi connectivity index (χ0v) is 11.2. The van der Waals surface area contributed by atoms with Crippen LogP contribution in [0.5, 0.6) is 0 Å². The molecule has 5 nitrogen and oxygen atoms in total. The third-order valence-corrected chi connectivity index (χ3v) is 3.79. The normalized spacial score (nSPS) is 11.5. The van der Waals surface area contributed by atoms with Crippen molar-refractivity contribution in [2.24, 2.45) is 0 Å². The summed E-state index contributed by atoms with van der Waals surface area (Å²) in [5.74, 6) is 0. The Hall–Kier alpha value is -0.920. The number of hydrogen-bond donors (Lipinski definition) is 1. The molecule has 0 bridgehead atoms. The third-order valence-electron chi connectivity index (χ3n) is 1.86. The first kappa shape index (κ1) is 13.1. The second-order valence-electron chi connectivity index (χ2n) is 3.24. The van der Waals surface area contributed by atoms with Crippen LogP contribution in [0.1, 0.15) is 10.4 Å². The fourth-order valence-electron chi connectivity index (χ4n) is 0.954. The first-order valence-electron chi connectivity index (χ1n) is 4.32. The van der Waals surface area contributed by atoms with Crippen molar-refractivity contribution in [3.63, 3.8) is 0 Å². The fraction of sp³-hybridized carbons (Fsp3) is 0.222. The summed E-state index contributed by atoms with van der Waals surface area (Å²) in [4.78, 5) is 10.8. The summed E-state index contributed by atoms with van der Waals surface area (Å²) in [7, 11) is -0.778. The Morgan fingerprint density at radius 3 is 2.50 bits per heavy atom. The number of nitrogens with one attached hydrogen (secondary N) is 1. The van der Waals surface area contributed by atoms with Gasteiger partial charge in [-0.1, -0.05) is 15.9 Å². The molecule has 0 radical (unpaired) electrons. The lowest BCUT2D eigenvalue weighted by Gasteiger charge is -2.14. The summed E-state index contributed by atoms with van der Waals surface area (Å²) in [5, 5.41) is 0. The largest absolute Gasteiger partial charge is 0.301 e. The Morgan fingerprint density at radius 2 is 2.00 bits per heavy atom. The van der Waals surface area contributed by atoms with E-state index in [0.717, 1.165) is 4.31 Å². The van der Waals surface area contributed by atoms with Crippen LogP contribution in [0, 0.1) is 0 Å². The number of rotatable bonds is 4. The molecule has 0 amide bonds. The maximum Gasteiger partial charge on any atom is 0.301 e. The van der Waals surface area contributed by atoms with Crippen molar-refractivity contribution >= 4 is 38.1 Å². The molecule has 1 N–H and O–H groups in total. The molecular weight excluding hydrogens is 296 g/mol. The van der Waals surface area contributed by atoms with Gasteiger partial charge in [-0.05, 0) is 18.2 Å². The van der Waals surface area contributed by atoms with Gasteiger partial charge in [0.25, 0.3) is 0 Å². The summed E-state index contributed by atoms with van der Waals surface area (Å²) in [6.45, 7) is 0. The lowest BCUT2D eigenvalue weighted by molar-refractivity contribution is 0.112. The van der Waals surface area contributed by atoms with Crippen molar-refractivity contribution in [2.75, 3.05) is 18.8 Å². The van der Waals surface area contributed by atoms with Gasteiger partial charge >= 0.3 is 10.2 Å². The number of carbonyl (C=O) groups excluding carboxylic acids is 1. The molecule has 0 fully saturated rings. The number of anilines is 1. The quantitative estimate of drug-likeness (QED) is 0.857. The zero-order chi connectivity index (χ0) is 12.3. The highest BCUT2D eigenvalue weighted by molar-refractivity contribution is 9.10. The van der Waals surface area contributed by atoms with E-state index in [1.165, 1.54) is 20.2 Å². The van der Waals surface area contributed by atoms with E-state index in [2.05, 4.69) is 20.7 Å². The minimum absolute atomic E-state index is 0.256. The number of benzene rings is 1. The SMILES string of the molecule is CN(C)S(=O)(=O)Nc1ccc(Br)cc1C=O. The van der Waals surface area contributed by atoms with Crippen LogP contribution >= 0.6 is 15.9 Å². The van der Waals surface area contributed by atoms with Gasteiger partial charge in [0.15, 0.2) is 6.29 Å². The molecular formula is C9H11BrN2O3S. The first-order chi connectivity index (χ1) is 7.36. The van der Waals surface area contributed by atoms with E-state index < -0.39 is 10.2 Å². The second-order valence-corrected chi connectivity index (χ2v) is 6.04. The van der Waals surface area contributed by atoms with Gasteiger partial charge < -0.3 is 0 Å². The number of nitrogens with zero attached hydrogens (tertiary/aromatic N) is 1. The van der Waals surface area contributed by atoms with Crippen molar-refractivity contribution in [2.45, 2.75) is 0 Å². The Morgan fingerprint density at radius 1 is 1.38 bits per heavy atom. The van der Waals surface area contributed by atoms with Crippen molar-refractivity contribution in [3.05, 3.63) is 28.2 Å². The number of hydrogen-bond acceptors (Lipinski definition) is 3. The van der Waals surface area contributed by atoms with E-state index in [-0.39, 0.29) is 11.3 Å². The monoisotopic (exact) mass is 306 g/mol. The van der Waals surface area contributed by atoms with Crippen LogP contribution in [0.4, 0.5) is 5.69 Å². The van der Waals surface area contributed by atoms with Crippen LogP contribution in [0.3, 0.4) is 0 Å². The summed E-state index contributed by atoms with van der Waals surface area (Å²) in [6.07, 6.45) is 0.596. The van der Waals surface area contributed by atoms with E-state index in [9.17, 15) is 13.2 Å². The molecule has 0 saturated carbocycles. The average Bonchev–Trinajstić information content (AvgIpc) is 2.20. The third kappa shape index (κ3) is 3.03. The highest BCUT2D eigenvalue weighted by Crippen LogP contribution is 2.20. The van der Waals surface area contributed by atoms with Crippen molar-refractivity contribution < 1.29 is 13.2 Å². The minimum atomic E-state index is -3.59. The predicted octanol–water partition coefficient (Wildman–Crippen LogP) is 1.48. The van der Waals surface area contributed by atoms with Gasteiger partial charge in [-0.15, -0.1) is 0 Å². The minimum Gasteiger partial charge on any atom is -0.298 e. The standard InChI is InChI=1S/C9H11BrN2O3S/c1-12(2)16(14,15)11-9-4-3-8(10)5-7(9)6-13/h3-6,11H,1-2H3. The lowest BCUT2D eigenvalue weighted by atomic mass is 10.2. The molecule has 0 atom stereocenters. The van der Waals surface area contributed by atoms with Gasteiger partial charge in [0.1, 0.15) is 0 Å². The predicted molar refractivity (Wildman–Crippen MR) is 65.8 cm³/mol. The molecule has 88 valence electrons. The smallest absolute Gasteiger partial charge is 0.298 e. The van der Waals surface area contributed by atoms with Crippen LogP contribution in [-0.4, -0.2) is 33.1 Å². The van der Waals surface area contributed by atoms with Gasteiger partial charge in [0.05, 0.1) is 5.69 Å². The van der Waals surface area contributed by atoms with Crippen LogP contribution in [0.25, 0.3) is 0 Å². The van der Waals surface area contributed by atoms with E-state index in [1.807, 2.05) is 0 Å². The molecule has 7 heteroatoms. The van der Waals surface area contributed by atoms with Crippen molar-refractivity contribution in [1.29, 1.82) is 0 Å². The molecule has 0 aromatic heterocycles. The van der Waals surface area contributed by atoms with Gasteiger partial charge in [-0.3, -0.25) is 9.52 Å². The molecule has 0 unspecified atom stereocenters. The summed E-state index contributed by atoms with van der Waals surface area (Å²) < 4.78 is 27.1. The van der Waals surface area contributed by atoms with Crippen molar-refractivity contribution in [3.8, 4) is 0 Å². The van der Waals surface area contributed by atoms with Gasteiger partial charge in [-0.2, -0.15) is 12.7 Å². The molecule has 0 heterocycles. The van der Waals surface area contributed by atoms with Crippen LogP contribution in [-0.2, 0) is 10.2 Å². The van der Waals surface area contributed by atoms with E-state index in [4.69, 9.17) is 0 Å². The average molecular weight is 307 g/mol. The lowest BCUT2D eigenvalue weighted by Crippen LogP contribution is -2.29. The number of aldehydes is 1. The molecule has 1 aromatic carbocycles. The molecule has 0 spiro atoms. The van der Waals surface area contributed by atoms with Gasteiger partial charge in [0, 0.05) is 24.1 Å². The van der Waals surface area contributed by atoms with Crippen molar-refractivity contribution in [1.82, 2.24) is 4.31 Å². The molecule has 0 aliphatic rings. The maximum absolute atomic E-state index is 11.5. The summed E-state index contributed by atoms with van der Waals surface area (Å²) in [5.41, 5.74) is 0.534. The molecule has 1 aromatic rings. The van der Waals surface area contributed by atoms with E-state index >= 15 is 0 Å². The molecule has 1 rings (SSSR count). The van der Waals surface area contributed by atoms with E-state index in [0.29, 0.717) is 10.8 Å². The molecule has 0 aliphatic heterocycles. The fourth-order valence-corrected chi connectivity index (χ4v) is 1.98. The number of carbonyl (C=O) groups is 1. The Labute approximate surface area is 103 Å². The van der Waals surface area contributed by atoms with Crippen LogP contribution in [0.15, 0.2) is 22.7 Å². The molecule has 16 heavy (non-hydrogen) atoms.